The molecule has 35 heavy (non-hydrogen) atoms. The summed E-state index contributed by atoms with van der Waals surface area (Å²) in [5.74, 6) is 0.0643. The smallest absolute Gasteiger partial charge is 0.273 e. The average Bonchev–Trinajstić information content (AvgIpc) is 3.35. The summed E-state index contributed by atoms with van der Waals surface area (Å²) in [4.78, 5) is 33.3. The lowest BCUT2D eigenvalue weighted by atomic mass is 9.97. The highest BCUT2D eigenvalue weighted by Gasteiger charge is 2.29. The van der Waals surface area contributed by atoms with Gasteiger partial charge in [-0.25, -0.2) is 9.37 Å². The number of nitrogens with one attached hydrogen (secondary N) is 1. The average molecular weight is 491 g/mol. The number of halogens is 1. The van der Waals surface area contributed by atoms with Crippen LogP contribution < -0.4 is 15.8 Å². The largest absolute Gasteiger partial charge is 0.352 e. The number of aryl methyl sites for hydroxylation is 1. The number of carbonyl (C=O) groups is 1. The summed E-state index contributed by atoms with van der Waals surface area (Å²) >= 11 is 1.37. The van der Waals surface area contributed by atoms with E-state index >= 15 is 0 Å². The molecule has 0 bridgehead atoms. The van der Waals surface area contributed by atoms with Crippen LogP contribution in [0.4, 0.5) is 10.3 Å². The van der Waals surface area contributed by atoms with Crippen molar-refractivity contribution in [3.05, 3.63) is 92.8 Å². The number of nitrogens with zero attached hydrogens (tertiary/aromatic N) is 3. The fraction of sp³-hybridized carbons (Fsp3) is 0.296. The maximum atomic E-state index is 13.4. The lowest BCUT2D eigenvalue weighted by Gasteiger charge is -2.34. The van der Waals surface area contributed by atoms with Crippen LogP contribution in [-0.4, -0.2) is 28.5 Å². The van der Waals surface area contributed by atoms with Crippen molar-refractivity contribution >= 4 is 33.4 Å². The molecule has 180 valence electrons. The van der Waals surface area contributed by atoms with E-state index in [0.29, 0.717) is 35.8 Å². The molecule has 1 aliphatic heterocycles. The van der Waals surface area contributed by atoms with Gasteiger partial charge >= 0.3 is 0 Å². The number of benzene rings is 2. The van der Waals surface area contributed by atoms with Gasteiger partial charge in [-0.15, -0.1) is 11.3 Å². The zero-order valence-corrected chi connectivity index (χ0v) is 20.4. The molecule has 2 aromatic heterocycles. The molecule has 1 atom stereocenters. The number of hydrogen-bond donors (Lipinski definition) is 1. The molecule has 1 N–H and O–H groups in total. The SMILES string of the molecule is Cc1ccccc1CNC(=O)[C@H]1CCCN(c2nc3ccsc3c(=O)n2Cc2ccc(F)cc2)C1. The molecule has 0 spiro atoms. The molecular weight excluding hydrogens is 463 g/mol. The lowest BCUT2D eigenvalue weighted by molar-refractivity contribution is -0.125. The van der Waals surface area contributed by atoms with Crippen LogP contribution in [0.1, 0.15) is 29.5 Å². The van der Waals surface area contributed by atoms with Gasteiger partial charge in [0.1, 0.15) is 10.5 Å². The van der Waals surface area contributed by atoms with Gasteiger partial charge in [0, 0.05) is 19.6 Å². The Morgan fingerprint density at radius 3 is 2.77 bits per heavy atom. The predicted molar refractivity (Wildman–Crippen MR) is 137 cm³/mol. The van der Waals surface area contributed by atoms with E-state index in [4.69, 9.17) is 4.98 Å². The Morgan fingerprint density at radius 1 is 1.17 bits per heavy atom. The Labute approximate surface area is 207 Å². The Balaban J connectivity index is 1.39. The van der Waals surface area contributed by atoms with Gasteiger partial charge in [0.05, 0.1) is 18.0 Å². The number of amides is 1. The van der Waals surface area contributed by atoms with Crippen molar-refractivity contribution in [2.75, 3.05) is 18.0 Å². The molecule has 0 aliphatic carbocycles. The highest BCUT2D eigenvalue weighted by atomic mass is 32.1. The molecular formula is C27H27FN4O2S. The molecule has 1 aliphatic rings. The number of thiophene rings is 1. The highest BCUT2D eigenvalue weighted by Crippen LogP contribution is 2.25. The predicted octanol–water partition coefficient (Wildman–Crippen LogP) is 4.49. The van der Waals surface area contributed by atoms with Gasteiger partial charge in [0.25, 0.3) is 5.56 Å². The van der Waals surface area contributed by atoms with Crippen molar-refractivity contribution in [2.45, 2.75) is 32.9 Å². The van der Waals surface area contributed by atoms with Gasteiger partial charge in [0.2, 0.25) is 11.9 Å². The molecule has 5 rings (SSSR count). The van der Waals surface area contributed by atoms with Crippen molar-refractivity contribution < 1.29 is 9.18 Å². The van der Waals surface area contributed by atoms with E-state index in [1.54, 1.807) is 16.7 Å². The topological polar surface area (TPSA) is 67.2 Å². The van der Waals surface area contributed by atoms with Crippen LogP contribution in [0.5, 0.6) is 0 Å². The first-order chi connectivity index (χ1) is 17.0. The van der Waals surface area contributed by atoms with Gasteiger partial charge in [-0.2, -0.15) is 0 Å². The molecule has 1 fully saturated rings. The standard InChI is InChI=1S/C27H27FN4O2S/c1-18-5-2-3-6-20(18)15-29-25(33)21-7-4-13-31(17-21)27-30-23-12-14-35-24(23)26(34)32(27)16-19-8-10-22(28)11-9-19/h2-3,5-6,8-12,14,21H,4,7,13,15-17H2,1H3,(H,29,33)/t21-/m0/s1. The molecule has 6 nitrogen and oxygen atoms in total. The van der Waals surface area contributed by atoms with Crippen molar-refractivity contribution in [3.8, 4) is 0 Å². The van der Waals surface area contributed by atoms with Crippen LogP contribution in [-0.2, 0) is 17.9 Å². The Hall–Kier alpha value is -3.52. The van der Waals surface area contributed by atoms with Crippen LogP contribution in [0.3, 0.4) is 0 Å². The van der Waals surface area contributed by atoms with E-state index in [2.05, 4.69) is 5.32 Å². The second-order valence-corrected chi connectivity index (χ2v) is 9.91. The Bertz CT molecular complexity index is 1410. The summed E-state index contributed by atoms with van der Waals surface area (Å²) in [5, 5.41) is 4.95. The first kappa shape index (κ1) is 23.2. The highest BCUT2D eigenvalue weighted by molar-refractivity contribution is 7.17. The van der Waals surface area contributed by atoms with Gasteiger partial charge < -0.3 is 10.2 Å². The zero-order valence-electron chi connectivity index (χ0n) is 19.5. The summed E-state index contributed by atoms with van der Waals surface area (Å²) in [7, 11) is 0. The second-order valence-electron chi connectivity index (χ2n) is 8.99. The fourth-order valence-corrected chi connectivity index (χ4v) is 5.37. The van der Waals surface area contributed by atoms with Crippen LogP contribution in [0.2, 0.25) is 0 Å². The third-order valence-electron chi connectivity index (χ3n) is 6.59. The fourth-order valence-electron chi connectivity index (χ4n) is 4.60. The van der Waals surface area contributed by atoms with E-state index in [-0.39, 0.29) is 29.7 Å². The zero-order chi connectivity index (χ0) is 24.4. The van der Waals surface area contributed by atoms with E-state index in [1.165, 1.54) is 23.5 Å². The summed E-state index contributed by atoms with van der Waals surface area (Å²) in [5.41, 5.74) is 3.62. The minimum atomic E-state index is -0.316. The van der Waals surface area contributed by atoms with Gasteiger partial charge in [0.15, 0.2) is 0 Å². The first-order valence-electron chi connectivity index (χ1n) is 11.8. The molecule has 0 unspecified atom stereocenters. The Kier molecular flexibility index (Phi) is 6.63. The van der Waals surface area contributed by atoms with Crippen LogP contribution >= 0.6 is 11.3 Å². The third kappa shape index (κ3) is 4.98. The number of rotatable bonds is 6. The van der Waals surface area contributed by atoms with E-state index < -0.39 is 0 Å². The molecule has 4 aromatic rings. The summed E-state index contributed by atoms with van der Waals surface area (Å²) in [6, 6.07) is 16.0. The molecule has 0 radical (unpaired) electrons. The number of fused-ring (bicyclic) bond motifs is 1. The number of aromatic nitrogens is 2. The van der Waals surface area contributed by atoms with Crippen LogP contribution in [0.15, 0.2) is 64.8 Å². The monoisotopic (exact) mass is 490 g/mol. The summed E-state index contributed by atoms with van der Waals surface area (Å²) < 4.78 is 15.7. The molecule has 3 heterocycles. The number of anilines is 1. The lowest BCUT2D eigenvalue weighted by Crippen LogP contribution is -2.45. The van der Waals surface area contributed by atoms with Crippen molar-refractivity contribution in [1.82, 2.24) is 14.9 Å². The number of carbonyl (C=O) groups excluding carboxylic acids is 1. The minimum absolute atomic E-state index is 0.0157. The normalized spacial score (nSPS) is 15.9. The summed E-state index contributed by atoms with van der Waals surface area (Å²) in [6.07, 6.45) is 1.62. The van der Waals surface area contributed by atoms with E-state index in [1.807, 2.05) is 47.5 Å². The van der Waals surface area contributed by atoms with Crippen molar-refractivity contribution in [2.24, 2.45) is 5.92 Å². The maximum Gasteiger partial charge on any atom is 0.273 e. The van der Waals surface area contributed by atoms with Gasteiger partial charge in [-0.1, -0.05) is 36.4 Å². The van der Waals surface area contributed by atoms with Crippen molar-refractivity contribution in [3.63, 3.8) is 0 Å². The first-order valence-corrected chi connectivity index (χ1v) is 12.7. The number of piperidine rings is 1. The molecule has 0 saturated carbocycles. The summed E-state index contributed by atoms with van der Waals surface area (Å²) in [6.45, 7) is 4.03. The molecule has 1 amide bonds. The maximum absolute atomic E-state index is 13.4. The molecule has 2 aromatic carbocycles. The quantitative estimate of drug-likeness (QED) is 0.433. The third-order valence-corrected chi connectivity index (χ3v) is 7.48. The van der Waals surface area contributed by atoms with Gasteiger partial charge in [-0.3, -0.25) is 14.2 Å². The molecule has 1 saturated heterocycles. The van der Waals surface area contributed by atoms with Crippen molar-refractivity contribution in [1.29, 1.82) is 0 Å². The minimum Gasteiger partial charge on any atom is -0.352 e. The van der Waals surface area contributed by atoms with Crippen LogP contribution in [0, 0.1) is 18.7 Å². The Morgan fingerprint density at radius 2 is 1.97 bits per heavy atom. The number of hydrogen-bond acceptors (Lipinski definition) is 5. The van der Waals surface area contributed by atoms with E-state index in [0.717, 1.165) is 29.5 Å². The second kappa shape index (κ2) is 10.00. The van der Waals surface area contributed by atoms with Crippen LogP contribution in [0.25, 0.3) is 10.2 Å². The van der Waals surface area contributed by atoms with E-state index in [9.17, 15) is 14.0 Å². The molecule has 8 heteroatoms. The van der Waals surface area contributed by atoms with Gasteiger partial charge in [-0.05, 0) is 60.0 Å².